The van der Waals surface area contributed by atoms with E-state index in [1.165, 1.54) is 5.56 Å². The zero-order valence-electron chi connectivity index (χ0n) is 21.9. The maximum atomic E-state index is 6.70. The van der Waals surface area contributed by atoms with E-state index < -0.39 is 0 Å². The number of nitrogens with one attached hydrogen (secondary N) is 1. The molecule has 0 spiro atoms. The molecule has 3 aromatic rings. The van der Waals surface area contributed by atoms with E-state index in [1.54, 1.807) is 13.2 Å². The zero-order chi connectivity index (χ0) is 26.3. The number of amidine groups is 1. The Kier molecular flexibility index (Phi) is 7.30. The van der Waals surface area contributed by atoms with Crippen molar-refractivity contribution < 1.29 is 9.47 Å². The maximum absolute atomic E-state index is 6.70. The van der Waals surface area contributed by atoms with E-state index in [0.29, 0.717) is 16.7 Å². The van der Waals surface area contributed by atoms with Crippen LogP contribution in [0.5, 0.6) is 11.5 Å². The van der Waals surface area contributed by atoms with E-state index in [-0.39, 0.29) is 6.04 Å². The highest BCUT2D eigenvalue weighted by Crippen LogP contribution is 2.44. The number of halogens is 2. The summed E-state index contributed by atoms with van der Waals surface area (Å²) in [6.45, 7) is 12.6. The first-order chi connectivity index (χ1) is 17.9. The summed E-state index contributed by atoms with van der Waals surface area (Å²) in [6, 6.07) is 11.6. The Bertz CT molecular complexity index is 1350. The van der Waals surface area contributed by atoms with Crippen LogP contribution in [-0.4, -0.2) is 55.2 Å². The first-order valence-electron chi connectivity index (χ1n) is 12.7. The molecule has 9 heteroatoms. The molecule has 1 N–H and O–H groups in total. The lowest BCUT2D eigenvalue weighted by molar-refractivity contribution is 0.336. The second-order valence-electron chi connectivity index (χ2n) is 9.32. The molecule has 0 amide bonds. The smallest absolute Gasteiger partial charge is 0.158 e. The Labute approximate surface area is 228 Å². The van der Waals surface area contributed by atoms with Crippen LogP contribution in [0.4, 0.5) is 5.69 Å². The number of ether oxygens (including phenoxy) is 2. The minimum Gasteiger partial charge on any atom is -0.494 e. The lowest BCUT2D eigenvalue weighted by Crippen LogP contribution is -2.49. The molecule has 2 aromatic carbocycles. The Morgan fingerprint density at radius 1 is 1.05 bits per heavy atom. The third-order valence-electron chi connectivity index (χ3n) is 7.20. The maximum Gasteiger partial charge on any atom is 0.158 e. The largest absolute Gasteiger partial charge is 0.494 e. The Balaban J connectivity index is 1.72. The van der Waals surface area contributed by atoms with Crippen molar-refractivity contribution in [3.05, 3.63) is 69.0 Å². The minimum atomic E-state index is -0.0636. The van der Waals surface area contributed by atoms with Gasteiger partial charge in [-0.1, -0.05) is 29.3 Å². The number of anilines is 1. The number of hydrogen-bond donors (Lipinski definition) is 1. The molecule has 1 atom stereocenters. The summed E-state index contributed by atoms with van der Waals surface area (Å²) in [6.07, 6.45) is 0. The van der Waals surface area contributed by atoms with Gasteiger partial charge in [0.15, 0.2) is 5.84 Å². The molecule has 0 radical (unpaired) electrons. The molecule has 1 unspecified atom stereocenters. The highest BCUT2D eigenvalue weighted by atomic mass is 35.5. The van der Waals surface area contributed by atoms with Gasteiger partial charge in [-0.2, -0.15) is 5.10 Å². The molecule has 1 aromatic heterocycles. The van der Waals surface area contributed by atoms with Gasteiger partial charge in [0.1, 0.15) is 11.5 Å². The van der Waals surface area contributed by atoms with E-state index in [0.717, 1.165) is 71.8 Å². The summed E-state index contributed by atoms with van der Waals surface area (Å²) in [4.78, 5) is 2.36. The standard InChI is InChI=1S/C28H33Cl2N5O2/c1-6-37-20-10-11-22(24(16-20)36-5)34-17(2)25-19(4)35(23-9-7-8-21(29)27(23)30)32-28(26(25)18(34)3)33-14-12-31-13-15-33/h7-11,16,19,31H,6,12-15H2,1-5H3. The number of hydrazone groups is 1. The fraction of sp³-hybridized carbons (Fsp3) is 0.393. The van der Waals surface area contributed by atoms with Crippen molar-refractivity contribution in [1.29, 1.82) is 0 Å². The molecule has 5 rings (SSSR count). The quantitative estimate of drug-likeness (QED) is 0.432. The molecule has 1 fully saturated rings. The molecule has 0 saturated carbocycles. The number of fused-ring (bicyclic) bond motifs is 1. The number of aromatic nitrogens is 1. The van der Waals surface area contributed by atoms with Crippen molar-refractivity contribution in [2.75, 3.05) is 44.9 Å². The molecule has 0 aliphatic carbocycles. The first kappa shape index (κ1) is 25.8. The number of hydrogen-bond acceptors (Lipinski definition) is 6. The molecule has 2 aliphatic rings. The lowest BCUT2D eigenvalue weighted by atomic mass is 9.98. The highest BCUT2D eigenvalue weighted by molar-refractivity contribution is 6.43. The van der Waals surface area contributed by atoms with Crippen LogP contribution in [-0.2, 0) is 0 Å². The Morgan fingerprint density at radius 2 is 1.81 bits per heavy atom. The molecule has 3 heterocycles. The van der Waals surface area contributed by atoms with Crippen LogP contribution >= 0.6 is 23.2 Å². The average Bonchev–Trinajstić information content (AvgIpc) is 3.17. The predicted molar refractivity (Wildman–Crippen MR) is 151 cm³/mol. The molecule has 37 heavy (non-hydrogen) atoms. The molecular formula is C28H33Cl2N5O2. The van der Waals surface area contributed by atoms with Crippen LogP contribution in [0.3, 0.4) is 0 Å². The van der Waals surface area contributed by atoms with Gasteiger partial charge in [0.05, 0.1) is 41.2 Å². The van der Waals surface area contributed by atoms with Gasteiger partial charge in [-0.3, -0.25) is 5.01 Å². The number of nitrogens with zero attached hydrogens (tertiary/aromatic N) is 4. The van der Waals surface area contributed by atoms with E-state index in [2.05, 4.69) is 41.6 Å². The van der Waals surface area contributed by atoms with Crippen molar-refractivity contribution in [3.63, 3.8) is 0 Å². The van der Waals surface area contributed by atoms with Crippen molar-refractivity contribution >= 4 is 34.7 Å². The molecule has 0 bridgehead atoms. The van der Waals surface area contributed by atoms with Gasteiger partial charge in [0.2, 0.25) is 0 Å². The van der Waals surface area contributed by atoms with Crippen LogP contribution in [0.15, 0.2) is 41.5 Å². The number of methoxy groups -OCH3 is 1. The van der Waals surface area contributed by atoms with Crippen molar-refractivity contribution in [1.82, 2.24) is 14.8 Å². The number of benzene rings is 2. The normalized spacial score (nSPS) is 17.5. The summed E-state index contributed by atoms with van der Waals surface area (Å²) in [7, 11) is 1.70. The Morgan fingerprint density at radius 3 is 2.51 bits per heavy atom. The number of piperazine rings is 1. The number of rotatable bonds is 5. The van der Waals surface area contributed by atoms with Gasteiger partial charge < -0.3 is 24.3 Å². The van der Waals surface area contributed by atoms with Crippen LogP contribution in [0.1, 0.15) is 42.4 Å². The van der Waals surface area contributed by atoms with Crippen LogP contribution in [0.25, 0.3) is 5.69 Å². The SMILES string of the molecule is CCOc1ccc(-n2c(C)c3c(c2C)C(C)N(c2cccc(Cl)c2Cl)N=C3N2CCNCC2)c(OC)c1. The average molecular weight is 543 g/mol. The summed E-state index contributed by atoms with van der Waals surface area (Å²) >= 11 is 13.1. The predicted octanol–water partition coefficient (Wildman–Crippen LogP) is 5.96. The van der Waals surface area contributed by atoms with Gasteiger partial charge in [-0.25, -0.2) is 0 Å². The highest BCUT2D eigenvalue weighted by Gasteiger charge is 2.37. The van der Waals surface area contributed by atoms with E-state index in [1.807, 2.05) is 36.2 Å². The van der Waals surface area contributed by atoms with Crippen LogP contribution in [0, 0.1) is 13.8 Å². The topological polar surface area (TPSA) is 54.3 Å². The lowest BCUT2D eigenvalue weighted by Gasteiger charge is -2.38. The molecule has 2 aliphatic heterocycles. The van der Waals surface area contributed by atoms with E-state index in [9.17, 15) is 0 Å². The van der Waals surface area contributed by atoms with E-state index in [4.69, 9.17) is 37.8 Å². The Hall–Kier alpha value is -2.87. The summed E-state index contributed by atoms with van der Waals surface area (Å²) in [5.41, 5.74) is 6.40. The third-order valence-corrected chi connectivity index (χ3v) is 8.01. The second kappa shape index (κ2) is 10.5. The van der Waals surface area contributed by atoms with Crippen molar-refractivity contribution in [2.24, 2.45) is 5.10 Å². The first-order valence-corrected chi connectivity index (χ1v) is 13.4. The van der Waals surface area contributed by atoms with Crippen LogP contribution < -0.4 is 19.8 Å². The monoisotopic (exact) mass is 541 g/mol. The van der Waals surface area contributed by atoms with Gasteiger partial charge in [-0.05, 0) is 52.0 Å². The van der Waals surface area contributed by atoms with Crippen molar-refractivity contribution in [2.45, 2.75) is 33.7 Å². The van der Waals surface area contributed by atoms with E-state index >= 15 is 0 Å². The molecular weight excluding hydrogens is 509 g/mol. The fourth-order valence-corrected chi connectivity index (χ4v) is 5.89. The molecule has 7 nitrogen and oxygen atoms in total. The molecule has 196 valence electrons. The van der Waals surface area contributed by atoms with Gasteiger partial charge in [0.25, 0.3) is 0 Å². The van der Waals surface area contributed by atoms with Gasteiger partial charge >= 0.3 is 0 Å². The van der Waals surface area contributed by atoms with Crippen molar-refractivity contribution in [3.8, 4) is 17.2 Å². The second-order valence-corrected chi connectivity index (χ2v) is 10.1. The zero-order valence-corrected chi connectivity index (χ0v) is 23.5. The third kappa shape index (κ3) is 4.43. The van der Waals surface area contributed by atoms with Gasteiger partial charge in [-0.15, -0.1) is 0 Å². The fourth-order valence-electron chi connectivity index (χ4n) is 5.50. The molecule has 1 saturated heterocycles. The van der Waals surface area contributed by atoms with Gasteiger partial charge in [0, 0.05) is 54.8 Å². The summed E-state index contributed by atoms with van der Waals surface area (Å²) < 4.78 is 13.8. The minimum absolute atomic E-state index is 0.0636. The summed E-state index contributed by atoms with van der Waals surface area (Å²) in [5.74, 6) is 2.50. The van der Waals surface area contributed by atoms with Crippen LogP contribution in [0.2, 0.25) is 10.0 Å². The summed E-state index contributed by atoms with van der Waals surface area (Å²) in [5, 5.41) is 11.7.